The molecule has 168 valence electrons. The van der Waals surface area contributed by atoms with E-state index in [1.165, 1.54) is 11.8 Å². The zero-order valence-electron chi connectivity index (χ0n) is 18.2. The van der Waals surface area contributed by atoms with E-state index in [4.69, 9.17) is 28.2 Å². The number of carbonyl (C=O) groups excluding carboxylic acids is 1. The maximum atomic E-state index is 12.6. The molecule has 0 fully saturated rings. The third-order valence-corrected chi connectivity index (χ3v) is 6.55. The number of halogens is 2. The normalized spacial score (nSPS) is 10.5. The van der Waals surface area contributed by atoms with Crippen molar-refractivity contribution in [2.24, 2.45) is 0 Å². The van der Waals surface area contributed by atoms with Gasteiger partial charge in [-0.25, -0.2) is 4.98 Å². The molecule has 4 aromatic rings. The summed E-state index contributed by atoms with van der Waals surface area (Å²) in [7, 11) is 0. The Balaban J connectivity index is 1.68. The number of hydrogen-bond acceptors (Lipinski definition) is 4. The van der Waals surface area contributed by atoms with Gasteiger partial charge in [0.1, 0.15) is 11.1 Å². The van der Waals surface area contributed by atoms with Gasteiger partial charge in [-0.2, -0.15) is 5.26 Å². The highest BCUT2D eigenvalue weighted by molar-refractivity contribution is 8.00. The monoisotopic (exact) mass is 503 g/mol. The van der Waals surface area contributed by atoms with Gasteiger partial charge in [-0.15, -0.1) is 0 Å². The maximum absolute atomic E-state index is 12.6. The molecule has 0 saturated carbocycles. The van der Waals surface area contributed by atoms with Crippen molar-refractivity contribution >= 4 is 46.6 Å². The lowest BCUT2D eigenvalue weighted by Gasteiger charge is -2.13. The van der Waals surface area contributed by atoms with Gasteiger partial charge in [0, 0.05) is 26.9 Å². The van der Waals surface area contributed by atoms with Crippen molar-refractivity contribution < 1.29 is 4.79 Å². The van der Waals surface area contributed by atoms with Gasteiger partial charge < -0.3 is 5.32 Å². The smallest absolute Gasteiger partial charge is 0.234 e. The van der Waals surface area contributed by atoms with E-state index in [2.05, 4.69) is 11.4 Å². The van der Waals surface area contributed by atoms with E-state index < -0.39 is 0 Å². The van der Waals surface area contributed by atoms with Crippen LogP contribution in [-0.4, -0.2) is 16.6 Å². The van der Waals surface area contributed by atoms with Crippen LogP contribution < -0.4 is 5.32 Å². The summed E-state index contributed by atoms with van der Waals surface area (Å²) in [6.07, 6.45) is 0. The van der Waals surface area contributed by atoms with E-state index in [9.17, 15) is 10.1 Å². The van der Waals surface area contributed by atoms with Gasteiger partial charge in [0.05, 0.1) is 17.0 Å². The van der Waals surface area contributed by atoms with Crippen molar-refractivity contribution in [3.63, 3.8) is 0 Å². The predicted octanol–water partition coefficient (Wildman–Crippen LogP) is 7.63. The van der Waals surface area contributed by atoms with E-state index in [-0.39, 0.29) is 11.7 Å². The molecule has 0 saturated heterocycles. The van der Waals surface area contributed by atoms with Crippen molar-refractivity contribution in [3.05, 3.63) is 100 Å². The average Bonchev–Trinajstić information content (AvgIpc) is 2.84. The second kappa shape index (κ2) is 10.8. The summed E-state index contributed by atoms with van der Waals surface area (Å²) in [6.45, 7) is 1.99. The molecule has 1 N–H and O–H groups in total. The number of rotatable bonds is 6. The van der Waals surface area contributed by atoms with Gasteiger partial charge in [0.2, 0.25) is 5.91 Å². The number of benzene rings is 3. The summed E-state index contributed by atoms with van der Waals surface area (Å²) in [4.78, 5) is 17.3. The molecule has 0 bridgehead atoms. The molecular formula is C27H19Cl2N3OS. The largest absolute Gasteiger partial charge is 0.325 e. The van der Waals surface area contributed by atoms with Crippen LogP contribution in [0.3, 0.4) is 0 Å². The van der Waals surface area contributed by atoms with Crippen LogP contribution >= 0.6 is 35.0 Å². The summed E-state index contributed by atoms with van der Waals surface area (Å²) in [5.74, 6) is -0.0656. The molecule has 0 aliphatic carbocycles. The first kappa shape index (κ1) is 23.8. The standard InChI is InChI=1S/C27H19Cl2N3OS/c1-17-2-12-22(13-3-17)31-26(33)16-34-27-24(15-30)23(18-4-8-20(28)9-5-18)14-25(32-27)19-6-10-21(29)11-7-19/h2-14H,16H2,1H3,(H,31,33). The molecule has 0 atom stereocenters. The van der Waals surface area contributed by atoms with Crippen LogP contribution in [0.15, 0.2) is 83.9 Å². The first-order valence-electron chi connectivity index (χ1n) is 10.4. The second-order valence-electron chi connectivity index (χ2n) is 7.56. The van der Waals surface area contributed by atoms with Crippen molar-refractivity contribution in [3.8, 4) is 28.5 Å². The summed E-state index contributed by atoms with van der Waals surface area (Å²) in [5.41, 5.74) is 5.35. The summed E-state index contributed by atoms with van der Waals surface area (Å²) in [6, 6.07) is 26.4. The minimum atomic E-state index is -0.176. The van der Waals surface area contributed by atoms with Gasteiger partial charge >= 0.3 is 0 Å². The first-order chi connectivity index (χ1) is 16.4. The fourth-order valence-corrected chi connectivity index (χ4v) is 4.38. The van der Waals surface area contributed by atoms with Crippen LogP contribution in [0.1, 0.15) is 11.1 Å². The third-order valence-electron chi connectivity index (χ3n) is 5.07. The van der Waals surface area contributed by atoms with Crippen molar-refractivity contribution in [2.45, 2.75) is 11.9 Å². The van der Waals surface area contributed by atoms with Gasteiger partial charge in [-0.1, -0.05) is 76.9 Å². The first-order valence-corrected chi connectivity index (χ1v) is 12.1. The van der Waals surface area contributed by atoms with Gasteiger partial charge in [-0.3, -0.25) is 4.79 Å². The molecule has 7 heteroatoms. The Bertz CT molecular complexity index is 1360. The van der Waals surface area contributed by atoms with Gasteiger partial charge in [-0.05, 0) is 55.0 Å². The van der Waals surface area contributed by atoms with Crippen LogP contribution in [0.2, 0.25) is 10.0 Å². The molecule has 3 aromatic carbocycles. The molecule has 0 spiro atoms. The SMILES string of the molecule is Cc1ccc(NC(=O)CSc2nc(-c3ccc(Cl)cc3)cc(-c3ccc(Cl)cc3)c2C#N)cc1. The lowest BCUT2D eigenvalue weighted by atomic mass is 9.99. The lowest BCUT2D eigenvalue weighted by Crippen LogP contribution is -2.14. The number of carbonyl (C=O) groups is 1. The number of aromatic nitrogens is 1. The lowest BCUT2D eigenvalue weighted by molar-refractivity contribution is -0.113. The Kier molecular flexibility index (Phi) is 7.54. The maximum Gasteiger partial charge on any atom is 0.234 e. The molecule has 0 unspecified atom stereocenters. The molecule has 4 rings (SSSR count). The number of pyridine rings is 1. The van der Waals surface area contributed by atoms with Crippen LogP contribution in [0, 0.1) is 18.3 Å². The topological polar surface area (TPSA) is 65.8 Å². The average molecular weight is 504 g/mol. The fraction of sp³-hybridized carbons (Fsp3) is 0.0741. The van der Waals surface area contributed by atoms with Crippen LogP contribution in [-0.2, 0) is 4.79 Å². The number of nitrogens with zero attached hydrogens (tertiary/aromatic N) is 2. The Morgan fingerprint density at radius 3 is 2.12 bits per heavy atom. The Labute approximate surface area is 212 Å². The van der Waals surface area contributed by atoms with E-state index in [0.717, 1.165) is 27.9 Å². The number of aryl methyl sites for hydroxylation is 1. The summed E-state index contributed by atoms with van der Waals surface area (Å²) in [5, 5.41) is 14.6. The van der Waals surface area contributed by atoms with E-state index >= 15 is 0 Å². The summed E-state index contributed by atoms with van der Waals surface area (Å²) >= 11 is 13.4. The molecule has 1 amide bonds. The number of nitriles is 1. The van der Waals surface area contributed by atoms with Crippen LogP contribution in [0.4, 0.5) is 5.69 Å². The third kappa shape index (κ3) is 5.78. The minimum absolute atomic E-state index is 0.111. The highest BCUT2D eigenvalue weighted by Gasteiger charge is 2.17. The van der Waals surface area contributed by atoms with E-state index in [1.54, 1.807) is 24.3 Å². The number of anilines is 1. The number of hydrogen-bond donors (Lipinski definition) is 1. The Hall–Kier alpha value is -3.30. The Morgan fingerprint density at radius 2 is 1.53 bits per heavy atom. The van der Waals surface area contributed by atoms with Crippen LogP contribution in [0.25, 0.3) is 22.4 Å². The van der Waals surface area contributed by atoms with Gasteiger partial charge in [0.25, 0.3) is 0 Å². The molecule has 0 aliphatic heterocycles. The van der Waals surface area contributed by atoms with E-state index in [1.807, 2.05) is 61.5 Å². The zero-order valence-corrected chi connectivity index (χ0v) is 20.5. The highest BCUT2D eigenvalue weighted by Crippen LogP contribution is 2.35. The number of nitrogens with one attached hydrogen (secondary N) is 1. The molecule has 1 heterocycles. The minimum Gasteiger partial charge on any atom is -0.325 e. The van der Waals surface area contributed by atoms with Crippen molar-refractivity contribution in [2.75, 3.05) is 11.1 Å². The Morgan fingerprint density at radius 1 is 0.941 bits per heavy atom. The molecule has 34 heavy (non-hydrogen) atoms. The highest BCUT2D eigenvalue weighted by atomic mass is 35.5. The zero-order chi connectivity index (χ0) is 24.1. The molecule has 0 radical (unpaired) electrons. The second-order valence-corrected chi connectivity index (χ2v) is 9.40. The summed E-state index contributed by atoms with van der Waals surface area (Å²) < 4.78 is 0. The quantitative estimate of drug-likeness (QED) is 0.274. The molecular weight excluding hydrogens is 485 g/mol. The van der Waals surface area contributed by atoms with Gasteiger partial charge in [0.15, 0.2) is 0 Å². The number of thioether (sulfide) groups is 1. The van der Waals surface area contributed by atoms with Crippen molar-refractivity contribution in [1.82, 2.24) is 4.98 Å². The molecule has 4 nitrogen and oxygen atoms in total. The number of amides is 1. The van der Waals surface area contributed by atoms with Crippen LogP contribution in [0.5, 0.6) is 0 Å². The van der Waals surface area contributed by atoms with E-state index in [0.29, 0.717) is 26.3 Å². The molecule has 1 aromatic heterocycles. The molecule has 0 aliphatic rings. The predicted molar refractivity (Wildman–Crippen MR) is 140 cm³/mol. The fourth-order valence-electron chi connectivity index (χ4n) is 3.33. The van der Waals surface area contributed by atoms with Crippen molar-refractivity contribution in [1.29, 1.82) is 5.26 Å².